The minimum Gasteiger partial charge on any atom is -0.320 e. The Bertz CT molecular complexity index is 1050. The molecule has 1 aromatic heterocycles. The molecule has 3 aromatic rings. The van der Waals surface area contributed by atoms with Gasteiger partial charge in [0, 0.05) is 36.8 Å². The second-order valence-electron chi connectivity index (χ2n) is 7.56. The maximum Gasteiger partial charge on any atom is 0.142 e. The second-order valence-corrected chi connectivity index (χ2v) is 7.97. The zero-order valence-corrected chi connectivity index (χ0v) is 16.8. The number of likely N-dealkylation sites (N-methyl/N-ethyl adjacent to an activating group) is 1. The van der Waals surface area contributed by atoms with Gasteiger partial charge in [0.25, 0.3) is 0 Å². The van der Waals surface area contributed by atoms with Crippen molar-refractivity contribution in [3.63, 3.8) is 0 Å². The molecule has 4 heteroatoms. The summed E-state index contributed by atoms with van der Waals surface area (Å²) < 4.78 is 16.2. The standard InChI is InChI=1S/C23H24ClFN2/c1-15-4-7-22-19(12-15)18-8-10-26(3)11-9-23(18)27(22)14-16(2)17-5-6-20(24)21(25)13-17/h4-7,12-14H,8-11H2,1-3H3/b16-14+. The molecule has 0 spiro atoms. The van der Waals surface area contributed by atoms with Crippen molar-refractivity contribution >= 4 is 34.3 Å². The zero-order valence-electron chi connectivity index (χ0n) is 16.0. The van der Waals surface area contributed by atoms with E-state index in [4.69, 9.17) is 11.6 Å². The lowest BCUT2D eigenvalue weighted by Crippen LogP contribution is -2.21. The van der Waals surface area contributed by atoms with Crippen molar-refractivity contribution < 1.29 is 4.39 Å². The van der Waals surface area contributed by atoms with Gasteiger partial charge in [0.2, 0.25) is 0 Å². The van der Waals surface area contributed by atoms with Crippen molar-refractivity contribution in [1.82, 2.24) is 9.47 Å². The van der Waals surface area contributed by atoms with Crippen LogP contribution in [-0.4, -0.2) is 29.6 Å². The molecule has 0 aliphatic carbocycles. The van der Waals surface area contributed by atoms with E-state index in [1.54, 1.807) is 6.07 Å². The Morgan fingerprint density at radius 1 is 1.11 bits per heavy atom. The number of hydrogen-bond acceptors (Lipinski definition) is 1. The second kappa shape index (κ2) is 7.14. The quantitative estimate of drug-likeness (QED) is 0.544. The van der Waals surface area contributed by atoms with E-state index in [0.717, 1.165) is 37.1 Å². The predicted octanol–water partition coefficient (Wildman–Crippen LogP) is 5.79. The van der Waals surface area contributed by atoms with Gasteiger partial charge in [-0.2, -0.15) is 0 Å². The van der Waals surface area contributed by atoms with E-state index in [1.165, 1.54) is 33.8 Å². The van der Waals surface area contributed by atoms with Crippen molar-refractivity contribution in [3.05, 3.63) is 69.6 Å². The molecule has 2 aromatic carbocycles. The van der Waals surface area contributed by atoms with E-state index < -0.39 is 0 Å². The number of benzene rings is 2. The fraction of sp³-hybridized carbons (Fsp3) is 0.304. The molecule has 0 amide bonds. The van der Waals surface area contributed by atoms with E-state index in [-0.39, 0.29) is 10.8 Å². The van der Waals surface area contributed by atoms with Gasteiger partial charge in [0.1, 0.15) is 5.82 Å². The molecule has 1 aliphatic heterocycles. The van der Waals surface area contributed by atoms with Crippen LogP contribution < -0.4 is 0 Å². The lowest BCUT2D eigenvalue weighted by atomic mass is 10.1. The van der Waals surface area contributed by atoms with Crippen molar-refractivity contribution in [2.75, 3.05) is 20.1 Å². The average molecular weight is 383 g/mol. The maximum absolute atomic E-state index is 13.9. The summed E-state index contributed by atoms with van der Waals surface area (Å²) in [5.41, 5.74) is 7.19. The molecule has 2 nitrogen and oxygen atoms in total. The van der Waals surface area contributed by atoms with Crippen molar-refractivity contribution in [1.29, 1.82) is 0 Å². The van der Waals surface area contributed by atoms with Crippen LogP contribution in [0.5, 0.6) is 0 Å². The van der Waals surface area contributed by atoms with E-state index in [0.29, 0.717) is 0 Å². The van der Waals surface area contributed by atoms with Gasteiger partial charge in [-0.25, -0.2) is 4.39 Å². The van der Waals surface area contributed by atoms with Crippen LogP contribution in [0.2, 0.25) is 5.02 Å². The van der Waals surface area contributed by atoms with Gasteiger partial charge in [-0.05, 0) is 68.3 Å². The summed E-state index contributed by atoms with van der Waals surface area (Å²) in [5, 5.41) is 1.50. The summed E-state index contributed by atoms with van der Waals surface area (Å²) in [6.07, 6.45) is 4.21. The summed E-state index contributed by atoms with van der Waals surface area (Å²) in [6.45, 7) is 6.29. The van der Waals surface area contributed by atoms with E-state index in [1.807, 2.05) is 13.0 Å². The third kappa shape index (κ3) is 3.42. The van der Waals surface area contributed by atoms with E-state index in [9.17, 15) is 4.39 Å². The first-order valence-corrected chi connectivity index (χ1v) is 9.76. The van der Waals surface area contributed by atoms with Gasteiger partial charge in [-0.3, -0.25) is 0 Å². The molecule has 0 radical (unpaired) electrons. The van der Waals surface area contributed by atoms with Gasteiger partial charge < -0.3 is 9.47 Å². The number of halogens is 2. The minimum atomic E-state index is -0.379. The van der Waals surface area contributed by atoms with Crippen LogP contribution in [0.1, 0.15) is 29.3 Å². The Morgan fingerprint density at radius 3 is 2.67 bits per heavy atom. The monoisotopic (exact) mass is 382 g/mol. The van der Waals surface area contributed by atoms with Crippen LogP contribution in [0.25, 0.3) is 22.7 Å². The highest BCUT2D eigenvalue weighted by atomic mass is 35.5. The highest BCUT2D eigenvalue weighted by molar-refractivity contribution is 6.30. The van der Waals surface area contributed by atoms with E-state index >= 15 is 0 Å². The molecule has 0 saturated heterocycles. The molecule has 2 heterocycles. The fourth-order valence-corrected chi connectivity index (χ4v) is 4.08. The van der Waals surface area contributed by atoms with Crippen LogP contribution in [0.15, 0.2) is 36.4 Å². The lowest BCUT2D eigenvalue weighted by molar-refractivity contribution is 0.351. The van der Waals surface area contributed by atoms with Gasteiger partial charge >= 0.3 is 0 Å². The number of rotatable bonds is 2. The molecule has 140 valence electrons. The summed E-state index contributed by atoms with van der Waals surface area (Å²) in [5.74, 6) is -0.379. The molecule has 0 saturated carbocycles. The molecule has 27 heavy (non-hydrogen) atoms. The Hall–Kier alpha value is -2.10. The number of aromatic nitrogens is 1. The van der Waals surface area contributed by atoms with Crippen LogP contribution >= 0.6 is 11.6 Å². The van der Waals surface area contributed by atoms with E-state index in [2.05, 4.69) is 47.8 Å². The maximum atomic E-state index is 13.9. The lowest BCUT2D eigenvalue weighted by Gasteiger charge is -2.13. The highest BCUT2D eigenvalue weighted by Crippen LogP contribution is 2.32. The topological polar surface area (TPSA) is 8.17 Å². The molecular weight excluding hydrogens is 359 g/mol. The Labute approximate surface area is 164 Å². The van der Waals surface area contributed by atoms with Crippen molar-refractivity contribution in [3.8, 4) is 0 Å². The molecule has 1 aliphatic rings. The van der Waals surface area contributed by atoms with Crippen molar-refractivity contribution in [2.24, 2.45) is 0 Å². The van der Waals surface area contributed by atoms with Crippen LogP contribution in [0.3, 0.4) is 0 Å². The van der Waals surface area contributed by atoms with Crippen molar-refractivity contribution in [2.45, 2.75) is 26.7 Å². The average Bonchev–Trinajstić information content (AvgIpc) is 2.78. The zero-order chi connectivity index (χ0) is 19.1. The Morgan fingerprint density at radius 2 is 1.89 bits per heavy atom. The summed E-state index contributed by atoms with van der Waals surface area (Å²) in [4.78, 5) is 2.39. The minimum absolute atomic E-state index is 0.158. The predicted molar refractivity (Wildman–Crippen MR) is 113 cm³/mol. The molecule has 4 rings (SSSR count). The number of fused-ring (bicyclic) bond motifs is 3. The number of allylic oxidation sites excluding steroid dienone is 1. The number of hydrogen-bond donors (Lipinski definition) is 0. The number of aryl methyl sites for hydroxylation is 1. The third-order valence-corrected chi connectivity index (χ3v) is 5.85. The summed E-state index contributed by atoms with van der Waals surface area (Å²) in [7, 11) is 2.18. The molecule has 0 atom stereocenters. The third-order valence-electron chi connectivity index (χ3n) is 5.55. The smallest absolute Gasteiger partial charge is 0.142 e. The molecule has 0 N–H and O–H groups in total. The van der Waals surface area contributed by atoms with Gasteiger partial charge in [-0.1, -0.05) is 29.3 Å². The first-order valence-electron chi connectivity index (χ1n) is 9.38. The SMILES string of the molecule is C/C(=C\n1c2c(c3cc(C)ccc31)CCN(C)CC2)c1ccc(Cl)c(F)c1. The Kier molecular flexibility index (Phi) is 4.83. The number of nitrogens with zero attached hydrogens (tertiary/aromatic N) is 2. The Balaban J connectivity index is 1.89. The first kappa shape index (κ1) is 18.3. The van der Waals surface area contributed by atoms with Crippen LogP contribution in [0.4, 0.5) is 4.39 Å². The van der Waals surface area contributed by atoms with Crippen LogP contribution in [-0.2, 0) is 12.8 Å². The highest BCUT2D eigenvalue weighted by Gasteiger charge is 2.20. The molecule has 0 unspecified atom stereocenters. The fourth-order valence-electron chi connectivity index (χ4n) is 3.97. The molecular formula is C23H24ClFN2. The van der Waals surface area contributed by atoms with Gasteiger partial charge in [0.05, 0.1) is 10.5 Å². The largest absolute Gasteiger partial charge is 0.320 e. The summed E-state index contributed by atoms with van der Waals surface area (Å²) in [6, 6.07) is 11.7. The first-order chi connectivity index (χ1) is 12.9. The van der Waals surface area contributed by atoms with Crippen LogP contribution in [0, 0.1) is 12.7 Å². The van der Waals surface area contributed by atoms with Gasteiger partial charge in [0.15, 0.2) is 0 Å². The molecule has 0 fully saturated rings. The van der Waals surface area contributed by atoms with Gasteiger partial charge in [-0.15, -0.1) is 0 Å². The summed E-state index contributed by atoms with van der Waals surface area (Å²) >= 11 is 5.84. The normalized spacial score (nSPS) is 15.8. The molecule has 0 bridgehead atoms.